The molecule has 7 heteroatoms. The molecule has 0 amide bonds. The van der Waals surface area contributed by atoms with E-state index in [1.54, 1.807) is 6.07 Å². The SMILES string of the molecule is FC(F)COCCNc1nc2cccc(Cl)c2s1. The molecule has 0 aliphatic heterocycles. The summed E-state index contributed by atoms with van der Waals surface area (Å²) in [7, 11) is 0. The van der Waals surface area contributed by atoms with Gasteiger partial charge in [-0.25, -0.2) is 13.8 Å². The van der Waals surface area contributed by atoms with Gasteiger partial charge in [-0.2, -0.15) is 0 Å². The maximum atomic E-state index is 11.8. The predicted molar refractivity (Wildman–Crippen MR) is 69.9 cm³/mol. The highest BCUT2D eigenvalue weighted by molar-refractivity contribution is 7.22. The van der Waals surface area contributed by atoms with Crippen LogP contribution in [0.5, 0.6) is 0 Å². The molecule has 0 saturated heterocycles. The van der Waals surface area contributed by atoms with Crippen LogP contribution in [0, 0.1) is 0 Å². The number of rotatable bonds is 6. The molecule has 0 saturated carbocycles. The molecular weight excluding hydrogens is 282 g/mol. The lowest BCUT2D eigenvalue weighted by atomic mass is 10.3. The Kier molecular flexibility index (Phi) is 4.68. The summed E-state index contributed by atoms with van der Waals surface area (Å²) in [6.45, 7) is 0.117. The van der Waals surface area contributed by atoms with Gasteiger partial charge < -0.3 is 10.1 Å². The van der Waals surface area contributed by atoms with E-state index in [9.17, 15) is 8.78 Å². The summed E-state index contributed by atoms with van der Waals surface area (Å²) in [6, 6.07) is 5.51. The number of ether oxygens (including phenoxy) is 1. The normalized spacial score (nSPS) is 11.3. The summed E-state index contributed by atoms with van der Waals surface area (Å²) in [5, 5.41) is 4.38. The van der Waals surface area contributed by atoms with Crippen molar-refractivity contribution in [1.29, 1.82) is 0 Å². The second-order valence-electron chi connectivity index (χ2n) is 3.50. The summed E-state index contributed by atoms with van der Waals surface area (Å²) in [5.41, 5.74) is 0.823. The van der Waals surface area contributed by atoms with E-state index in [4.69, 9.17) is 16.3 Å². The van der Waals surface area contributed by atoms with E-state index in [-0.39, 0.29) is 6.61 Å². The number of fused-ring (bicyclic) bond motifs is 1. The monoisotopic (exact) mass is 292 g/mol. The summed E-state index contributed by atoms with van der Waals surface area (Å²) < 4.78 is 29.3. The molecule has 0 spiro atoms. The van der Waals surface area contributed by atoms with Gasteiger partial charge in [-0.15, -0.1) is 0 Å². The number of anilines is 1. The van der Waals surface area contributed by atoms with Crippen molar-refractivity contribution in [2.45, 2.75) is 6.43 Å². The molecule has 2 aromatic rings. The summed E-state index contributed by atoms with van der Waals surface area (Å²) in [4.78, 5) is 4.33. The van der Waals surface area contributed by atoms with E-state index >= 15 is 0 Å². The molecule has 0 aliphatic carbocycles. The third-order valence-corrected chi connectivity index (χ3v) is 3.62. The van der Waals surface area contributed by atoms with Crippen LogP contribution in [0.15, 0.2) is 18.2 Å². The van der Waals surface area contributed by atoms with Crippen molar-refractivity contribution in [2.75, 3.05) is 25.1 Å². The fraction of sp³-hybridized carbons (Fsp3) is 0.364. The molecule has 3 nitrogen and oxygen atoms in total. The van der Waals surface area contributed by atoms with Crippen LogP contribution < -0.4 is 5.32 Å². The molecule has 1 heterocycles. The number of nitrogens with zero attached hydrogens (tertiary/aromatic N) is 1. The zero-order valence-corrected chi connectivity index (χ0v) is 10.9. The number of thiazole rings is 1. The zero-order valence-electron chi connectivity index (χ0n) is 9.33. The third kappa shape index (κ3) is 3.51. The van der Waals surface area contributed by atoms with Crippen LogP contribution in [0.3, 0.4) is 0 Å². The Balaban J connectivity index is 1.87. The van der Waals surface area contributed by atoms with E-state index < -0.39 is 13.0 Å². The molecule has 2 rings (SSSR count). The molecule has 98 valence electrons. The molecular formula is C11H11ClF2N2OS. The minimum atomic E-state index is -2.42. The molecule has 0 bridgehead atoms. The lowest BCUT2D eigenvalue weighted by Gasteiger charge is -2.03. The quantitative estimate of drug-likeness (QED) is 0.825. The van der Waals surface area contributed by atoms with Crippen LogP contribution >= 0.6 is 22.9 Å². The molecule has 0 fully saturated rings. The fourth-order valence-electron chi connectivity index (χ4n) is 1.39. The highest BCUT2D eigenvalue weighted by Gasteiger charge is 2.06. The first-order chi connectivity index (χ1) is 8.66. The van der Waals surface area contributed by atoms with Gasteiger partial charge in [0.1, 0.15) is 6.61 Å². The van der Waals surface area contributed by atoms with Gasteiger partial charge in [0.05, 0.1) is 21.8 Å². The zero-order chi connectivity index (χ0) is 13.0. The van der Waals surface area contributed by atoms with E-state index in [2.05, 4.69) is 10.3 Å². The summed E-state index contributed by atoms with van der Waals surface area (Å²) in [5.74, 6) is 0. The number of nitrogens with one attached hydrogen (secondary N) is 1. The Morgan fingerprint density at radius 3 is 3.00 bits per heavy atom. The van der Waals surface area contributed by atoms with Crippen molar-refractivity contribution < 1.29 is 13.5 Å². The van der Waals surface area contributed by atoms with Gasteiger partial charge in [0.2, 0.25) is 0 Å². The second kappa shape index (κ2) is 6.26. The van der Waals surface area contributed by atoms with Gasteiger partial charge in [-0.1, -0.05) is 29.0 Å². The maximum Gasteiger partial charge on any atom is 0.261 e. The smallest absolute Gasteiger partial charge is 0.261 e. The number of benzene rings is 1. The second-order valence-corrected chi connectivity index (χ2v) is 4.91. The van der Waals surface area contributed by atoms with Crippen LogP contribution in [-0.4, -0.2) is 31.2 Å². The van der Waals surface area contributed by atoms with E-state index in [1.807, 2.05) is 12.1 Å². The first-order valence-electron chi connectivity index (χ1n) is 5.31. The molecule has 0 unspecified atom stereocenters. The average molecular weight is 293 g/mol. The number of hydrogen-bond acceptors (Lipinski definition) is 4. The van der Waals surface area contributed by atoms with Crippen molar-refractivity contribution >= 4 is 38.3 Å². The maximum absolute atomic E-state index is 11.8. The Morgan fingerprint density at radius 1 is 1.44 bits per heavy atom. The number of alkyl halides is 2. The van der Waals surface area contributed by atoms with Crippen molar-refractivity contribution in [2.24, 2.45) is 0 Å². The van der Waals surface area contributed by atoms with E-state index in [0.717, 1.165) is 10.2 Å². The molecule has 1 aromatic carbocycles. The standard InChI is InChI=1S/C11H11ClF2N2OS/c12-7-2-1-3-8-10(7)18-11(16-8)15-4-5-17-6-9(13)14/h1-3,9H,4-6H2,(H,15,16). The van der Waals surface area contributed by atoms with Crippen LogP contribution in [0.25, 0.3) is 10.2 Å². The lowest BCUT2D eigenvalue weighted by Crippen LogP contribution is -2.12. The van der Waals surface area contributed by atoms with Crippen LogP contribution in [-0.2, 0) is 4.74 Å². The van der Waals surface area contributed by atoms with Crippen molar-refractivity contribution in [3.63, 3.8) is 0 Å². The highest BCUT2D eigenvalue weighted by atomic mass is 35.5. The first kappa shape index (κ1) is 13.5. The van der Waals surface area contributed by atoms with Gasteiger partial charge in [-0.3, -0.25) is 0 Å². The number of aromatic nitrogens is 1. The number of hydrogen-bond donors (Lipinski definition) is 1. The van der Waals surface area contributed by atoms with E-state index in [1.165, 1.54) is 11.3 Å². The Labute approximate surface area is 112 Å². The van der Waals surface area contributed by atoms with Gasteiger partial charge >= 0.3 is 0 Å². The van der Waals surface area contributed by atoms with Crippen LogP contribution in [0.4, 0.5) is 13.9 Å². The first-order valence-corrected chi connectivity index (χ1v) is 6.51. The average Bonchev–Trinajstić information content (AvgIpc) is 2.72. The van der Waals surface area contributed by atoms with Crippen molar-refractivity contribution in [3.05, 3.63) is 23.2 Å². The van der Waals surface area contributed by atoms with Gasteiger partial charge in [0, 0.05) is 6.54 Å². The third-order valence-electron chi connectivity index (χ3n) is 2.13. The minimum Gasteiger partial charge on any atom is -0.374 e. The van der Waals surface area contributed by atoms with Gasteiger partial charge in [0.15, 0.2) is 5.13 Å². The largest absolute Gasteiger partial charge is 0.374 e. The van der Waals surface area contributed by atoms with Crippen molar-refractivity contribution in [3.8, 4) is 0 Å². The number of halogens is 3. The van der Waals surface area contributed by atoms with Crippen LogP contribution in [0.2, 0.25) is 5.02 Å². The highest BCUT2D eigenvalue weighted by Crippen LogP contribution is 2.31. The molecule has 0 radical (unpaired) electrons. The van der Waals surface area contributed by atoms with Gasteiger partial charge in [0.25, 0.3) is 6.43 Å². The molecule has 0 atom stereocenters. The fourth-order valence-corrected chi connectivity index (χ4v) is 2.57. The summed E-state index contributed by atoms with van der Waals surface area (Å²) >= 11 is 7.45. The van der Waals surface area contributed by atoms with Crippen LogP contribution in [0.1, 0.15) is 0 Å². The summed E-state index contributed by atoms with van der Waals surface area (Å²) in [6.07, 6.45) is -2.42. The molecule has 0 aliphatic rings. The minimum absolute atomic E-state index is 0.216. The Hall–Kier alpha value is -0.980. The van der Waals surface area contributed by atoms with E-state index in [0.29, 0.717) is 16.7 Å². The molecule has 18 heavy (non-hydrogen) atoms. The Bertz CT molecular complexity index is 521. The topological polar surface area (TPSA) is 34.1 Å². The van der Waals surface area contributed by atoms with Crippen molar-refractivity contribution in [1.82, 2.24) is 4.98 Å². The molecule has 1 aromatic heterocycles. The predicted octanol–water partition coefficient (Wildman–Crippen LogP) is 3.64. The molecule has 1 N–H and O–H groups in total. The van der Waals surface area contributed by atoms with Gasteiger partial charge in [-0.05, 0) is 12.1 Å². The Morgan fingerprint density at radius 2 is 2.28 bits per heavy atom. The lowest BCUT2D eigenvalue weighted by molar-refractivity contribution is 0.0215.